The quantitative estimate of drug-likeness (QED) is 0.834. The fourth-order valence-electron chi connectivity index (χ4n) is 3.26. The van der Waals surface area contributed by atoms with E-state index in [4.69, 9.17) is 0 Å². The van der Waals surface area contributed by atoms with Crippen LogP contribution < -0.4 is 5.32 Å². The minimum Gasteiger partial charge on any atom is -0.312 e. The summed E-state index contributed by atoms with van der Waals surface area (Å²) in [6.45, 7) is 12.4. The zero-order valence-electron chi connectivity index (χ0n) is 13.1. The van der Waals surface area contributed by atoms with Gasteiger partial charge in [0.05, 0.1) is 0 Å². The summed E-state index contributed by atoms with van der Waals surface area (Å²) in [6, 6.07) is 0.704. The first-order valence-electron chi connectivity index (χ1n) is 8.11. The second-order valence-electron chi connectivity index (χ2n) is 7.24. The Kier molecular flexibility index (Phi) is 6.04. The van der Waals surface area contributed by atoms with E-state index in [2.05, 4.69) is 42.7 Å². The van der Waals surface area contributed by atoms with Gasteiger partial charge in [0.1, 0.15) is 0 Å². The molecule has 0 aromatic rings. The third kappa shape index (κ3) is 4.95. The molecule has 2 rings (SSSR count). The van der Waals surface area contributed by atoms with E-state index in [-0.39, 0.29) is 0 Å². The fourth-order valence-corrected chi connectivity index (χ4v) is 4.90. The number of hydrogen-bond donors (Lipinski definition) is 1. The molecule has 2 unspecified atom stereocenters. The zero-order chi connectivity index (χ0) is 13.7. The number of hydrogen-bond acceptors (Lipinski definition) is 3. The van der Waals surface area contributed by atoms with E-state index in [0.717, 1.165) is 5.92 Å². The van der Waals surface area contributed by atoms with Gasteiger partial charge in [-0.1, -0.05) is 27.2 Å². The molecule has 2 nitrogen and oxygen atoms in total. The number of rotatable bonds is 5. The maximum Gasteiger partial charge on any atom is 0.0209 e. The van der Waals surface area contributed by atoms with Crippen LogP contribution in [0, 0.1) is 11.3 Å². The summed E-state index contributed by atoms with van der Waals surface area (Å²) >= 11 is 2.12. The summed E-state index contributed by atoms with van der Waals surface area (Å²) in [4.78, 5) is 2.66. The van der Waals surface area contributed by atoms with Gasteiger partial charge in [0, 0.05) is 18.3 Å². The molecule has 0 saturated carbocycles. The summed E-state index contributed by atoms with van der Waals surface area (Å²) in [5.41, 5.74) is 0.482. The minimum absolute atomic E-state index is 0.482. The number of nitrogens with zero attached hydrogens (tertiary/aromatic N) is 1. The predicted octanol–water partition coefficient (Wildman–Crippen LogP) is 3.23. The number of likely N-dealkylation sites (tertiary alicyclic amines) is 1. The average Bonchev–Trinajstić information content (AvgIpc) is 2.38. The van der Waals surface area contributed by atoms with E-state index in [1.165, 1.54) is 63.4 Å². The van der Waals surface area contributed by atoms with Crippen molar-refractivity contribution in [1.82, 2.24) is 10.2 Å². The molecule has 2 saturated heterocycles. The Morgan fingerprint density at radius 3 is 2.68 bits per heavy atom. The highest BCUT2D eigenvalue weighted by molar-refractivity contribution is 7.99. The van der Waals surface area contributed by atoms with Crippen molar-refractivity contribution in [3.63, 3.8) is 0 Å². The second-order valence-corrected chi connectivity index (χ2v) is 8.39. The van der Waals surface area contributed by atoms with Crippen LogP contribution in [0.1, 0.15) is 46.5 Å². The van der Waals surface area contributed by atoms with Gasteiger partial charge in [0.15, 0.2) is 0 Å². The maximum absolute atomic E-state index is 3.85. The normalized spacial score (nSPS) is 30.2. The molecule has 0 aliphatic carbocycles. The first-order chi connectivity index (χ1) is 9.08. The Morgan fingerprint density at radius 1 is 1.26 bits per heavy atom. The highest BCUT2D eigenvalue weighted by Crippen LogP contribution is 2.34. The number of piperidine rings is 1. The highest BCUT2D eigenvalue weighted by Gasteiger charge is 2.32. The first-order valence-corrected chi connectivity index (χ1v) is 9.27. The second kappa shape index (κ2) is 7.33. The number of nitrogens with one attached hydrogen (secondary N) is 1. The van der Waals surface area contributed by atoms with E-state index < -0.39 is 0 Å². The van der Waals surface area contributed by atoms with Gasteiger partial charge >= 0.3 is 0 Å². The average molecular weight is 285 g/mol. The molecule has 0 amide bonds. The molecule has 1 N–H and O–H groups in total. The van der Waals surface area contributed by atoms with Crippen molar-refractivity contribution in [3.05, 3.63) is 0 Å². The van der Waals surface area contributed by atoms with Crippen molar-refractivity contribution in [2.45, 2.75) is 52.5 Å². The van der Waals surface area contributed by atoms with E-state index in [9.17, 15) is 0 Å². The molecule has 2 aliphatic rings. The van der Waals surface area contributed by atoms with Crippen LogP contribution in [0.15, 0.2) is 0 Å². The molecule has 2 fully saturated rings. The summed E-state index contributed by atoms with van der Waals surface area (Å²) in [5.74, 6) is 3.42. The van der Waals surface area contributed by atoms with E-state index in [0.29, 0.717) is 11.5 Å². The largest absolute Gasteiger partial charge is 0.312 e. The van der Waals surface area contributed by atoms with E-state index >= 15 is 0 Å². The molecule has 0 aromatic carbocycles. The van der Waals surface area contributed by atoms with Crippen LogP contribution in [0.2, 0.25) is 0 Å². The molecule has 2 heterocycles. The smallest absolute Gasteiger partial charge is 0.0209 e. The molecule has 2 atom stereocenters. The molecule has 0 aromatic heterocycles. The van der Waals surface area contributed by atoms with Crippen LogP contribution in [0.25, 0.3) is 0 Å². The lowest BCUT2D eigenvalue weighted by atomic mass is 9.82. The molecule has 19 heavy (non-hydrogen) atoms. The third-order valence-corrected chi connectivity index (χ3v) is 5.91. The topological polar surface area (TPSA) is 15.3 Å². The lowest BCUT2D eigenvalue weighted by Crippen LogP contribution is -2.48. The van der Waals surface area contributed by atoms with Crippen molar-refractivity contribution < 1.29 is 0 Å². The lowest BCUT2D eigenvalue weighted by Gasteiger charge is -2.39. The van der Waals surface area contributed by atoms with Crippen molar-refractivity contribution in [1.29, 1.82) is 0 Å². The van der Waals surface area contributed by atoms with Crippen molar-refractivity contribution in [3.8, 4) is 0 Å². The van der Waals surface area contributed by atoms with Gasteiger partial charge in [-0.05, 0) is 56.0 Å². The molecular weight excluding hydrogens is 252 g/mol. The van der Waals surface area contributed by atoms with Crippen molar-refractivity contribution in [2.24, 2.45) is 11.3 Å². The Balaban J connectivity index is 1.68. The van der Waals surface area contributed by atoms with Gasteiger partial charge in [0.2, 0.25) is 0 Å². The Labute approximate surface area is 124 Å². The van der Waals surface area contributed by atoms with Crippen molar-refractivity contribution in [2.75, 3.05) is 37.7 Å². The van der Waals surface area contributed by atoms with Gasteiger partial charge in [-0.15, -0.1) is 0 Å². The summed E-state index contributed by atoms with van der Waals surface area (Å²) in [5, 5.41) is 3.85. The van der Waals surface area contributed by atoms with Crippen LogP contribution in [0.3, 0.4) is 0 Å². The van der Waals surface area contributed by atoms with Gasteiger partial charge in [-0.2, -0.15) is 11.8 Å². The van der Waals surface area contributed by atoms with Crippen LogP contribution in [0.5, 0.6) is 0 Å². The van der Waals surface area contributed by atoms with E-state index in [1.54, 1.807) is 0 Å². The summed E-state index contributed by atoms with van der Waals surface area (Å²) in [7, 11) is 0. The van der Waals surface area contributed by atoms with Crippen LogP contribution >= 0.6 is 11.8 Å². The SMILES string of the molecule is CC(CNC1CSCCC1(C)C)CN1CCCCC1. The van der Waals surface area contributed by atoms with Gasteiger partial charge in [-0.3, -0.25) is 0 Å². The van der Waals surface area contributed by atoms with Crippen LogP contribution in [-0.4, -0.2) is 48.6 Å². The van der Waals surface area contributed by atoms with Crippen molar-refractivity contribution >= 4 is 11.8 Å². The maximum atomic E-state index is 3.85. The molecule has 0 bridgehead atoms. The standard InChI is InChI=1S/C16H32N2S/c1-14(12-18-8-5-4-6-9-18)11-17-15-13-19-10-7-16(15,2)3/h14-15,17H,4-13H2,1-3H3. The van der Waals surface area contributed by atoms with E-state index in [1.807, 2.05) is 0 Å². The first kappa shape index (κ1) is 15.7. The Morgan fingerprint density at radius 2 is 2.00 bits per heavy atom. The van der Waals surface area contributed by atoms with Gasteiger partial charge < -0.3 is 10.2 Å². The summed E-state index contributed by atoms with van der Waals surface area (Å²) in [6.07, 6.45) is 5.62. The third-order valence-electron chi connectivity index (χ3n) is 4.85. The fraction of sp³-hybridized carbons (Fsp3) is 1.00. The van der Waals surface area contributed by atoms with Gasteiger partial charge in [0.25, 0.3) is 0 Å². The predicted molar refractivity (Wildman–Crippen MR) is 87.0 cm³/mol. The molecule has 3 heteroatoms. The zero-order valence-corrected chi connectivity index (χ0v) is 13.9. The molecule has 0 spiro atoms. The Hall–Kier alpha value is 0.270. The van der Waals surface area contributed by atoms with Gasteiger partial charge in [-0.25, -0.2) is 0 Å². The monoisotopic (exact) mass is 284 g/mol. The summed E-state index contributed by atoms with van der Waals surface area (Å²) < 4.78 is 0. The Bertz CT molecular complexity index is 261. The molecule has 0 radical (unpaired) electrons. The molecule has 112 valence electrons. The highest BCUT2D eigenvalue weighted by atomic mass is 32.2. The molecule has 2 aliphatic heterocycles. The van der Waals surface area contributed by atoms with Crippen LogP contribution in [-0.2, 0) is 0 Å². The minimum atomic E-state index is 0.482. The lowest BCUT2D eigenvalue weighted by molar-refractivity contribution is 0.186. The number of thioether (sulfide) groups is 1. The molecular formula is C16H32N2S. The van der Waals surface area contributed by atoms with Crippen LogP contribution in [0.4, 0.5) is 0 Å².